The van der Waals surface area contributed by atoms with Gasteiger partial charge < -0.3 is 0 Å². The Balaban J connectivity index is 2.20. The Morgan fingerprint density at radius 3 is 1.42 bits per heavy atom. The summed E-state index contributed by atoms with van der Waals surface area (Å²) in [6.07, 6.45) is 11.2. The van der Waals surface area contributed by atoms with Crippen molar-refractivity contribution in [3.05, 3.63) is 71.8 Å². The Kier molecular flexibility index (Phi) is 5.59. The molecule has 2 aromatic rings. The number of rotatable bonds is 6. The molecule has 0 aliphatic heterocycles. The van der Waals surface area contributed by atoms with Crippen molar-refractivity contribution in [1.82, 2.24) is 0 Å². The fourth-order valence-electron chi connectivity index (χ4n) is 2.11. The predicted molar refractivity (Wildman–Crippen MR) is 95.6 cm³/mol. The maximum absolute atomic E-state index is 12.4. The van der Waals surface area contributed by atoms with E-state index in [2.05, 4.69) is 11.8 Å². The molecule has 0 fully saturated rings. The molecular formula is C20H18O3S. The first kappa shape index (κ1) is 18.0. The van der Waals surface area contributed by atoms with Crippen LogP contribution in [0.2, 0.25) is 0 Å². The molecule has 3 nitrogen and oxygen atoms in total. The van der Waals surface area contributed by atoms with Crippen LogP contribution in [0.4, 0.5) is 0 Å². The molecule has 24 heavy (non-hydrogen) atoms. The summed E-state index contributed by atoms with van der Waals surface area (Å²) in [6.45, 7) is 3.30. The van der Waals surface area contributed by atoms with Crippen molar-refractivity contribution >= 4 is 11.4 Å². The third-order valence-electron chi connectivity index (χ3n) is 3.67. The topological polar surface area (TPSA) is 35.5 Å². The molecule has 0 heterocycles. The molecule has 2 unspecified atom stereocenters. The van der Waals surface area contributed by atoms with Crippen LogP contribution in [0.15, 0.2) is 60.7 Å². The quantitative estimate of drug-likeness (QED) is 0.754. The molecule has 0 N–H and O–H groups in total. The Bertz CT molecular complexity index is 722. The molecule has 0 bridgehead atoms. The summed E-state index contributed by atoms with van der Waals surface area (Å²) in [5, 5.41) is 0. The van der Waals surface area contributed by atoms with Crippen LogP contribution in [-0.2, 0) is 30.9 Å². The molecule has 2 atom stereocenters. The van der Waals surface area contributed by atoms with Crippen LogP contribution in [0.3, 0.4) is 0 Å². The molecule has 0 radical (unpaired) electrons. The molecule has 0 saturated heterocycles. The molecule has 0 aliphatic carbocycles. The van der Waals surface area contributed by atoms with Crippen LogP contribution >= 0.6 is 0 Å². The number of terminal acetylenes is 2. The fraction of sp³-hybridized carbons (Fsp3) is 0.200. The Morgan fingerprint density at radius 2 is 1.12 bits per heavy atom. The van der Waals surface area contributed by atoms with Crippen molar-refractivity contribution in [3.8, 4) is 24.7 Å². The Labute approximate surface area is 145 Å². The van der Waals surface area contributed by atoms with Crippen molar-refractivity contribution in [2.75, 3.05) is 0 Å². The van der Waals surface area contributed by atoms with E-state index in [4.69, 9.17) is 21.2 Å². The van der Waals surface area contributed by atoms with Crippen molar-refractivity contribution in [3.63, 3.8) is 0 Å². The molecule has 2 aromatic carbocycles. The first-order valence-corrected chi connectivity index (χ1v) is 8.31. The average molecular weight is 338 g/mol. The third-order valence-corrected chi connectivity index (χ3v) is 4.61. The van der Waals surface area contributed by atoms with E-state index in [1.807, 2.05) is 36.4 Å². The van der Waals surface area contributed by atoms with Gasteiger partial charge >= 0.3 is 11.4 Å². The van der Waals surface area contributed by atoms with Gasteiger partial charge in [-0.1, -0.05) is 72.5 Å². The highest BCUT2D eigenvalue weighted by atomic mass is 32.2. The summed E-state index contributed by atoms with van der Waals surface area (Å²) in [5.74, 6) is 5.04. The molecule has 122 valence electrons. The highest BCUT2D eigenvalue weighted by Crippen LogP contribution is 2.30. The van der Waals surface area contributed by atoms with Crippen molar-refractivity contribution in [2.24, 2.45) is 0 Å². The lowest BCUT2D eigenvalue weighted by molar-refractivity contribution is 0.0960. The first-order chi connectivity index (χ1) is 11.4. The van der Waals surface area contributed by atoms with E-state index >= 15 is 0 Å². The minimum absolute atomic E-state index is 0.701. The zero-order valence-electron chi connectivity index (χ0n) is 13.6. The monoisotopic (exact) mass is 338 g/mol. The second-order valence-corrected chi connectivity index (χ2v) is 6.20. The maximum atomic E-state index is 12.4. The van der Waals surface area contributed by atoms with E-state index in [1.54, 1.807) is 38.1 Å². The van der Waals surface area contributed by atoms with Gasteiger partial charge in [0.25, 0.3) is 0 Å². The lowest BCUT2D eigenvalue weighted by atomic mass is 9.97. The van der Waals surface area contributed by atoms with Gasteiger partial charge in [0, 0.05) is 0 Å². The van der Waals surface area contributed by atoms with Gasteiger partial charge in [0.2, 0.25) is 0 Å². The van der Waals surface area contributed by atoms with Gasteiger partial charge in [-0.3, -0.25) is 0 Å². The van der Waals surface area contributed by atoms with Gasteiger partial charge in [-0.2, -0.15) is 4.21 Å². The van der Waals surface area contributed by atoms with E-state index < -0.39 is 22.6 Å². The SMILES string of the molecule is C#CC(C)(OS(=O)OC(C)(C#C)c1ccccc1)c1ccccc1. The lowest BCUT2D eigenvalue weighted by Gasteiger charge is -2.27. The largest absolute Gasteiger partial charge is 0.308 e. The number of hydrogen-bond donors (Lipinski definition) is 0. The highest BCUT2D eigenvalue weighted by molar-refractivity contribution is 7.75. The summed E-state index contributed by atoms with van der Waals surface area (Å²) in [7, 11) is 0. The van der Waals surface area contributed by atoms with Crippen LogP contribution in [0.1, 0.15) is 25.0 Å². The summed E-state index contributed by atoms with van der Waals surface area (Å²) < 4.78 is 23.4. The fourth-order valence-corrected chi connectivity index (χ4v) is 2.98. The van der Waals surface area contributed by atoms with Crippen LogP contribution in [0.25, 0.3) is 0 Å². The first-order valence-electron chi connectivity index (χ1n) is 7.31. The molecule has 0 aromatic heterocycles. The Morgan fingerprint density at radius 1 is 0.792 bits per heavy atom. The van der Waals surface area contributed by atoms with Crippen molar-refractivity contribution in [1.29, 1.82) is 0 Å². The molecule has 0 spiro atoms. The minimum atomic E-state index is -2.14. The average Bonchev–Trinajstić information content (AvgIpc) is 2.62. The van der Waals surface area contributed by atoms with E-state index in [0.717, 1.165) is 0 Å². The summed E-state index contributed by atoms with van der Waals surface area (Å²) in [5.41, 5.74) is -0.991. The van der Waals surface area contributed by atoms with Gasteiger partial charge in [0.1, 0.15) is 0 Å². The van der Waals surface area contributed by atoms with Gasteiger partial charge in [-0.05, 0) is 25.0 Å². The summed E-state index contributed by atoms with van der Waals surface area (Å²) >= 11 is -2.14. The zero-order chi connectivity index (χ0) is 17.6. The molecular weight excluding hydrogens is 320 g/mol. The predicted octanol–water partition coefficient (Wildman–Crippen LogP) is 3.70. The van der Waals surface area contributed by atoms with Gasteiger partial charge in [0.05, 0.1) is 0 Å². The second-order valence-electron chi connectivity index (χ2n) is 5.46. The molecule has 4 heteroatoms. The molecule has 0 saturated carbocycles. The number of hydrogen-bond acceptors (Lipinski definition) is 3. The van der Waals surface area contributed by atoms with E-state index in [1.165, 1.54) is 0 Å². The Hall–Kier alpha value is -2.37. The minimum Gasteiger partial charge on any atom is -0.244 e. The van der Waals surface area contributed by atoms with Crippen molar-refractivity contribution in [2.45, 2.75) is 25.0 Å². The number of benzene rings is 2. The van der Waals surface area contributed by atoms with Gasteiger partial charge in [0.15, 0.2) is 11.2 Å². The highest BCUT2D eigenvalue weighted by Gasteiger charge is 2.34. The maximum Gasteiger partial charge on any atom is 0.308 e. The summed E-state index contributed by atoms with van der Waals surface area (Å²) in [4.78, 5) is 0. The molecule has 0 amide bonds. The van der Waals surface area contributed by atoms with Crippen molar-refractivity contribution < 1.29 is 12.6 Å². The normalized spacial score (nSPS) is 16.8. The third kappa shape index (κ3) is 3.93. The van der Waals surface area contributed by atoms with Crippen LogP contribution in [-0.4, -0.2) is 4.21 Å². The smallest absolute Gasteiger partial charge is 0.244 e. The van der Waals surface area contributed by atoms with E-state index in [0.29, 0.717) is 11.1 Å². The van der Waals surface area contributed by atoms with E-state index in [-0.39, 0.29) is 0 Å². The molecule has 2 rings (SSSR count). The standard InChI is InChI=1S/C20H18O3S/c1-5-19(3,17-13-9-7-10-14-17)22-24(21)23-20(4,6-2)18-15-11-8-12-16-18/h1-2,7-16H,3-4H3. The van der Waals surface area contributed by atoms with Gasteiger partial charge in [-0.25, -0.2) is 8.37 Å². The van der Waals surface area contributed by atoms with E-state index in [9.17, 15) is 4.21 Å². The van der Waals surface area contributed by atoms with Crippen LogP contribution in [0.5, 0.6) is 0 Å². The zero-order valence-corrected chi connectivity index (χ0v) is 14.4. The second kappa shape index (κ2) is 7.47. The lowest BCUT2D eigenvalue weighted by Crippen LogP contribution is -2.31. The van der Waals surface area contributed by atoms with Crippen LogP contribution in [0, 0.1) is 24.7 Å². The summed E-state index contributed by atoms with van der Waals surface area (Å²) in [6, 6.07) is 18.2. The van der Waals surface area contributed by atoms with Gasteiger partial charge in [-0.15, -0.1) is 12.8 Å². The van der Waals surface area contributed by atoms with Crippen LogP contribution < -0.4 is 0 Å². The molecule has 0 aliphatic rings.